The Morgan fingerprint density at radius 3 is 2.78 bits per heavy atom. The van der Waals surface area contributed by atoms with Gasteiger partial charge in [0.05, 0.1) is 12.6 Å². The van der Waals surface area contributed by atoms with E-state index in [0.29, 0.717) is 24.6 Å². The molecule has 18 heavy (non-hydrogen) atoms. The summed E-state index contributed by atoms with van der Waals surface area (Å²) in [5, 5.41) is 3.41. The van der Waals surface area contributed by atoms with Crippen LogP contribution >= 0.6 is 0 Å². The molecule has 0 bridgehead atoms. The molecule has 0 spiro atoms. The second kappa shape index (κ2) is 6.53. The average Bonchev–Trinajstić information content (AvgIpc) is 2.90. The van der Waals surface area contributed by atoms with Crippen molar-refractivity contribution in [2.45, 2.75) is 51.7 Å². The lowest BCUT2D eigenvalue weighted by Gasteiger charge is -2.32. The van der Waals surface area contributed by atoms with Gasteiger partial charge in [-0.2, -0.15) is 0 Å². The number of rotatable bonds is 4. The summed E-state index contributed by atoms with van der Waals surface area (Å²) in [6.45, 7) is 7.60. The first-order valence-corrected chi connectivity index (χ1v) is 7.29. The third-order valence-electron chi connectivity index (χ3n) is 4.06. The second-order valence-electron chi connectivity index (χ2n) is 5.84. The highest BCUT2D eigenvalue weighted by atomic mass is 16.5. The molecule has 2 heterocycles. The van der Waals surface area contributed by atoms with E-state index in [1.165, 1.54) is 12.8 Å². The highest BCUT2D eigenvalue weighted by Gasteiger charge is 2.25. The summed E-state index contributed by atoms with van der Waals surface area (Å²) in [6, 6.07) is 0.442. The Kier molecular flexibility index (Phi) is 5.01. The number of nitrogens with one attached hydrogen (secondary N) is 1. The van der Waals surface area contributed by atoms with E-state index in [4.69, 9.17) is 4.74 Å². The lowest BCUT2D eigenvalue weighted by Crippen LogP contribution is -2.45. The normalized spacial score (nSPS) is 28.9. The highest BCUT2D eigenvalue weighted by molar-refractivity contribution is 5.78. The van der Waals surface area contributed by atoms with Gasteiger partial charge < -0.3 is 15.0 Å². The molecule has 2 aliphatic heterocycles. The van der Waals surface area contributed by atoms with Crippen LogP contribution in [0.3, 0.4) is 0 Å². The second-order valence-corrected chi connectivity index (χ2v) is 5.84. The zero-order valence-electron chi connectivity index (χ0n) is 11.7. The van der Waals surface area contributed by atoms with Gasteiger partial charge in [0.1, 0.15) is 0 Å². The first kappa shape index (κ1) is 13.8. The minimum atomic E-state index is 0.264. The summed E-state index contributed by atoms with van der Waals surface area (Å²) in [6.07, 6.45) is 4.73. The molecule has 1 amide bonds. The zero-order valence-corrected chi connectivity index (χ0v) is 11.7. The molecule has 0 aromatic rings. The van der Waals surface area contributed by atoms with Crippen LogP contribution in [-0.2, 0) is 9.53 Å². The number of hydrogen-bond donors (Lipinski definition) is 1. The number of amides is 1. The number of hydrogen-bond acceptors (Lipinski definition) is 3. The number of carbonyl (C=O) groups excluding carboxylic acids is 1. The first-order chi connectivity index (χ1) is 8.66. The fraction of sp³-hybridized carbons (Fsp3) is 0.929. The Balaban J connectivity index is 1.70. The van der Waals surface area contributed by atoms with Crippen LogP contribution in [0.25, 0.3) is 0 Å². The molecule has 0 radical (unpaired) electrons. The molecule has 2 aliphatic rings. The van der Waals surface area contributed by atoms with Gasteiger partial charge in [-0.05, 0) is 31.6 Å². The van der Waals surface area contributed by atoms with Gasteiger partial charge in [-0.25, -0.2) is 0 Å². The fourth-order valence-electron chi connectivity index (χ4n) is 2.79. The van der Waals surface area contributed by atoms with Gasteiger partial charge in [-0.1, -0.05) is 13.8 Å². The van der Waals surface area contributed by atoms with Crippen LogP contribution in [0.4, 0.5) is 0 Å². The van der Waals surface area contributed by atoms with E-state index in [1.54, 1.807) is 0 Å². The molecule has 2 saturated heterocycles. The zero-order chi connectivity index (χ0) is 13.0. The average molecular weight is 254 g/mol. The van der Waals surface area contributed by atoms with E-state index < -0.39 is 0 Å². The van der Waals surface area contributed by atoms with Gasteiger partial charge >= 0.3 is 0 Å². The van der Waals surface area contributed by atoms with Crippen LogP contribution in [0.1, 0.15) is 39.5 Å². The molecule has 4 heteroatoms. The van der Waals surface area contributed by atoms with Gasteiger partial charge in [0.15, 0.2) is 0 Å². The molecule has 0 aromatic carbocycles. The van der Waals surface area contributed by atoms with E-state index in [2.05, 4.69) is 19.2 Å². The summed E-state index contributed by atoms with van der Waals surface area (Å²) in [7, 11) is 0. The molecule has 2 unspecified atom stereocenters. The van der Waals surface area contributed by atoms with Gasteiger partial charge in [0.25, 0.3) is 0 Å². The lowest BCUT2D eigenvalue weighted by molar-refractivity contribution is -0.129. The Morgan fingerprint density at radius 2 is 2.11 bits per heavy atom. The van der Waals surface area contributed by atoms with Crippen LogP contribution in [0.15, 0.2) is 0 Å². The van der Waals surface area contributed by atoms with Crippen molar-refractivity contribution in [2.24, 2.45) is 5.92 Å². The molecule has 4 nitrogen and oxygen atoms in total. The van der Waals surface area contributed by atoms with Crippen LogP contribution in [0.5, 0.6) is 0 Å². The maximum Gasteiger partial charge on any atom is 0.236 e. The molecule has 2 fully saturated rings. The lowest BCUT2D eigenvalue weighted by atomic mass is 9.95. The van der Waals surface area contributed by atoms with Crippen molar-refractivity contribution in [1.29, 1.82) is 0 Å². The molecule has 0 aromatic heterocycles. The van der Waals surface area contributed by atoms with E-state index in [-0.39, 0.29) is 5.91 Å². The summed E-state index contributed by atoms with van der Waals surface area (Å²) in [5.74, 6) is 0.823. The Labute approximate surface area is 110 Å². The topological polar surface area (TPSA) is 41.6 Å². The summed E-state index contributed by atoms with van der Waals surface area (Å²) < 4.78 is 5.74. The number of nitrogens with zero attached hydrogens (tertiary/aromatic N) is 1. The van der Waals surface area contributed by atoms with E-state index in [9.17, 15) is 4.79 Å². The number of ether oxygens (including phenoxy) is 1. The van der Waals surface area contributed by atoms with Crippen molar-refractivity contribution < 1.29 is 9.53 Å². The Bertz CT molecular complexity index is 275. The smallest absolute Gasteiger partial charge is 0.236 e. The van der Waals surface area contributed by atoms with Crippen molar-refractivity contribution >= 4 is 5.91 Å². The molecule has 2 atom stereocenters. The minimum absolute atomic E-state index is 0.264. The van der Waals surface area contributed by atoms with Crippen molar-refractivity contribution in [1.82, 2.24) is 10.2 Å². The van der Waals surface area contributed by atoms with Crippen LogP contribution in [0, 0.1) is 5.92 Å². The molecule has 104 valence electrons. The molecular weight excluding hydrogens is 228 g/mol. The predicted molar refractivity (Wildman–Crippen MR) is 71.4 cm³/mol. The molecular formula is C14H26N2O2. The Morgan fingerprint density at radius 1 is 1.39 bits per heavy atom. The van der Waals surface area contributed by atoms with E-state index >= 15 is 0 Å². The molecule has 2 rings (SSSR count). The summed E-state index contributed by atoms with van der Waals surface area (Å²) in [4.78, 5) is 13.9. The minimum Gasteiger partial charge on any atom is -0.378 e. The van der Waals surface area contributed by atoms with Gasteiger partial charge in [-0.15, -0.1) is 0 Å². The van der Waals surface area contributed by atoms with E-state index in [0.717, 1.165) is 32.5 Å². The van der Waals surface area contributed by atoms with Gasteiger partial charge in [-0.3, -0.25) is 4.79 Å². The Hall–Kier alpha value is -0.610. The first-order valence-electron chi connectivity index (χ1n) is 7.29. The maximum absolute atomic E-state index is 11.9. The van der Waals surface area contributed by atoms with Gasteiger partial charge in [0, 0.05) is 25.7 Å². The summed E-state index contributed by atoms with van der Waals surface area (Å²) >= 11 is 0. The number of carbonyl (C=O) groups is 1. The van der Waals surface area contributed by atoms with Crippen molar-refractivity contribution in [3.8, 4) is 0 Å². The SMILES string of the molecule is CC(C)C1CC(NCC(=O)N2CCCC2)CCO1. The molecule has 1 N–H and O–H groups in total. The summed E-state index contributed by atoms with van der Waals surface area (Å²) in [5.41, 5.74) is 0. The van der Waals surface area contributed by atoms with Crippen LogP contribution in [0.2, 0.25) is 0 Å². The van der Waals surface area contributed by atoms with Crippen molar-refractivity contribution in [3.63, 3.8) is 0 Å². The standard InChI is InChI=1S/C14H26N2O2/c1-11(2)13-9-12(5-8-18-13)15-10-14(17)16-6-3-4-7-16/h11-13,15H,3-10H2,1-2H3. The molecule has 0 aliphatic carbocycles. The van der Waals surface area contributed by atoms with Crippen molar-refractivity contribution in [2.75, 3.05) is 26.2 Å². The maximum atomic E-state index is 11.9. The largest absolute Gasteiger partial charge is 0.378 e. The number of likely N-dealkylation sites (tertiary alicyclic amines) is 1. The quantitative estimate of drug-likeness (QED) is 0.824. The van der Waals surface area contributed by atoms with Gasteiger partial charge in [0.2, 0.25) is 5.91 Å². The molecule has 0 saturated carbocycles. The van der Waals surface area contributed by atoms with Crippen molar-refractivity contribution in [3.05, 3.63) is 0 Å². The predicted octanol–water partition coefficient (Wildman–Crippen LogP) is 1.40. The van der Waals surface area contributed by atoms with Crippen LogP contribution < -0.4 is 5.32 Å². The third kappa shape index (κ3) is 3.69. The third-order valence-corrected chi connectivity index (χ3v) is 4.06. The van der Waals surface area contributed by atoms with E-state index in [1.807, 2.05) is 4.90 Å². The highest BCUT2D eigenvalue weighted by Crippen LogP contribution is 2.20. The monoisotopic (exact) mass is 254 g/mol. The fourth-order valence-corrected chi connectivity index (χ4v) is 2.79. The van der Waals surface area contributed by atoms with Crippen LogP contribution in [-0.4, -0.2) is 49.2 Å².